The van der Waals surface area contributed by atoms with Crippen molar-refractivity contribution < 1.29 is 4.79 Å². The minimum atomic E-state index is -0.445. The molecular weight excluding hydrogens is 396 g/mol. The number of benzene rings is 2. The summed E-state index contributed by atoms with van der Waals surface area (Å²) in [6.07, 6.45) is 2.36. The first kappa shape index (κ1) is 18.7. The number of H-pyrrole nitrogens is 1. The Morgan fingerprint density at radius 3 is 2.90 bits per heavy atom. The summed E-state index contributed by atoms with van der Waals surface area (Å²) in [5.74, 6) is 0.369. The summed E-state index contributed by atoms with van der Waals surface area (Å²) in [5, 5.41) is 4.37. The van der Waals surface area contributed by atoms with Crippen LogP contribution in [0.2, 0.25) is 0 Å². The fourth-order valence-corrected chi connectivity index (χ4v) is 4.84. The molecule has 3 aromatic rings. The van der Waals surface area contributed by atoms with E-state index in [1.54, 1.807) is 0 Å². The van der Waals surface area contributed by atoms with E-state index in [4.69, 9.17) is 10.7 Å². The molecule has 0 bridgehead atoms. The molecule has 5 rings (SSSR count). The summed E-state index contributed by atoms with van der Waals surface area (Å²) in [7, 11) is 0. The minimum absolute atomic E-state index is 0.0687. The van der Waals surface area contributed by atoms with E-state index in [1.807, 2.05) is 60.5 Å². The summed E-state index contributed by atoms with van der Waals surface area (Å²) in [5.41, 5.74) is 10.2. The van der Waals surface area contributed by atoms with Gasteiger partial charge in [0.1, 0.15) is 0 Å². The highest BCUT2D eigenvalue weighted by molar-refractivity contribution is 8.15. The predicted octanol–water partition coefficient (Wildman–Crippen LogP) is 3.15. The molecule has 0 aliphatic carbocycles. The molecule has 0 saturated carbocycles. The normalized spacial score (nSPS) is 19.1. The second-order valence-electron chi connectivity index (χ2n) is 7.37. The molecule has 2 aromatic carbocycles. The van der Waals surface area contributed by atoms with E-state index in [2.05, 4.69) is 21.4 Å². The number of amidine groups is 1. The molecule has 152 valence electrons. The summed E-state index contributed by atoms with van der Waals surface area (Å²) < 4.78 is 0. The van der Waals surface area contributed by atoms with E-state index in [-0.39, 0.29) is 11.2 Å². The second kappa shape index (κ2) is 7.53. The molecule has 7 nitrogen and oxygen atoms in total. The zero-order valence-electron chi connectivity index (χ0n) is 16.5. The van der Waals surface area contributed by atoms with Gasteiger partial charge in [0, 0.05) is 34.9 Å². The van der Waals surface area contributed by atoms with Gasteiger partial charge in [-0.3, -0.25) is 4.79 Å². The van der Waals surface area contributed by atoms with Gasteiger partial charge in [-0.25, -0.2) is 9.98 Å². The second-order valence-corrected chi connectivity index (χ2v) is 8.70. The van der Waals surface area contributed by atoms with Crippen LogP contribution in [0.15, 0.2) is 64.7 Å². The van der Waals surface area contributed by atoms with Crippen molar-refractivity contribution in [2.45, 2.75) is 24.8 Å². The van der Waals surface area contributed by atoms with Crippen LogP contribution in [0.1, 0.15) is 24.2 Å². The van der Waals surface area contributed by atoms with Gasteiger partial charge in [0.25, 0.3) is 0 Å². The minimum Gasteiger partial charge on any atom is -0.370 e. The molecule has 0 saturated heterocycles. The molecule has 0 radical (unpaired) electrons. The Morgan fingerprint density at radius 2 is 2.00 bits per heavy atom. The highest BCUT2D eigenvalue weighted by atomic mass is 32.2. The molecule has 1 amide bonds. The Morgan fingerprint density at radius 1 is 1.20 bits per heavy atom. The first-order chi connectivity index (χ1) is 14.6. The van der Waals surface area contributed by atoms with Crippen LogP contribution in [-0.4, -0.2) is 33.8 Å². The monoisotopic (exact) mass is 418 g/mol. The van der Waals surface area contributed by atoms with Gasteiger partial charge in [-0.05, 0) is 31.0 Å². The number of hydrogen-bond acceptors (Lipinski definition) is 6. The molecule has 0 unspecified atom stereocenters. The maximum absolute atomic E-state index is 13.1. The SMILES string of the molecule is C[C@@H](SC1=N[C@@H](c2c[nH]c3ccccc23)N=C(N)N1)C(=O)N1CCc2ccccc21. The van der Waals surface area contributed by atoms with E-state index in [0.717, 1.165) is 28.6 Å². The molecule has 0 spiro atoms. The molecule has 8 heteroatoms. The van der Waals surface area contributed by atoms with Crippen LogP contribution in [0.25, 0.3) is 10.9 Å². The lowest BCUT2D eigenvalue weighted by atomic mass is 10.1. The van der Waals surface area contributed by atoms with Crippen molar-refractivity contribution in [2.24, 2.45) is 15.7 Å². The van der Waals surface area contributed by atoms with Gasteiger partial charge in [0.05, 0.1) is 5.25 Å². The maximum Gasteiger partial charge on any atom is 0.240 e. The number of thioether (sulfide) groups is 1. The van der Waals surface area contributed by atoms with E-state index in [9.17, 15) is 4.79 Å². The quantitative estimate of drug-likeness (QED) is 0.608. The zero-order valence-corrected chi connectivity index (χ0v) is 17.3. The summed E-state index contributed by atoms with van der Waals surface area (Å²) in [6, 6.07) is 16.1. The lowest BCUT2D eigenvalue weighted by Gasteiger charge is -2.24. The fourth-order valence-electron chi connectivity index (χ4n) is 3.96. The lowest BCUT2D eigenvalue weighted by Crippen LogP contribution is -2.41. The number of aromatic nitrogens is 1. The number of amides is 1. The maximum atomic E-state index is 13.1. The van der Waals surface area contributed by atoms with Gasteiger partial charge < -0.3 is 20.9 Å². The molecular formula is C22H22N6OS. The number of para-hydroxylation sites is 2. The fraction of sp³-hybridized carbons (Fsp3) is 0.227. The Labute approximate surface area is 178 Å². The molecule has 2 atom stereocenters. The van der Waals surface area contributed by atoms with E-state index in [1.165, 1.54) is 17.3 Å². The number of guanidine groups is 1. The van der Waals surface area contributed by atoms with Crippen molar-refractivity contribution in [3.8, 4) is 0 Å². The van der Waals surface area contributed by atoms with Gasteiger partial charge in [-0.15, -0.1) is 0 Å². The van der Waals surface area contributed by atoms with E-state index >= 15 is 0 Å². The third-order valence-corrected chi connectivity index (χ3v) is 6.41. The molecule has 2 aliphatic heterocycles. The lowest BCUT2D eigenvalue weighted by molar-refractivity contribution is -0.117. The first-order valence-electron chi connectivity index (χ1n) is 9.90. The number of carbonyl (C=O) groups excluding carboxylic acids is 1. The van der Waals surface area contributed by atoms with Gasteiger partial charge >= 0.3 is 0 Å². The predicted molar refractivity (Wildman–Crippen MR) is 123 cm³/mol. The zero-order chi connectivity index (χ0) is 20.7. The largest absolute Gasteiger partial charge is 0.370 e. The number of rotatable bonds is 3. The highest BCUT2D eigenvalue weighted by Crippen LogP contribution is 2.32. The molecule has 4 N–H and O–H groups in total. The van der Waals surface area contributed by atoms with Crippen LogP contribution >= 0.6 is 11.8 Å². The standard InChI is InChI=1S/C22H22N6OS/c1-13(20(29)28-11-10-14-6-2-5-9-18(14)28)30-22-26-19(25-21(23)27-22)16-12-24-17-8-4-3-7-15(16)17/h2-9,12-13,19,24H,10-11H2,1H3,(H3,23,25,26,27)/t13-,19+/m1/s1. The summed E-state index contributed by atoms with van der Waals surface area (Å²) in [4.78, 5) is 27.4. The number of nitrogens with two attached hydrogens (primary N) is 1. The smallest absolute Gasteiger partial charge is 0.240 e. The average molecular weight is 419 g/mol. The van der Waals surface area contributed by atoms with Crippen LogP contribution < -0.4 is 16.0 Å². The number of hydrogen-bond donors (Lipinski definition) is 3. The van der Waals surface area contributed by atoms with Crippen LogP contribution in [0.4, 0.5) is 5.69 Å². The Hall–Kier alpha value is -3.26. The van der Waals surface area contributed by atoms with Gasteiger partial charge in [0.2, 0.25) is 5.91 Å². The number of fused-ring (bicyclic) bond motifs is 2. The molecule has 0 fully saturated rings. The van der Waals surface area contributed by atoms with Crippen LogP contribution in [-0.2, 0) is 11.2 Å². The van der Waals surface area contributed by atoms with E-state index in [0.29, 0.717) is 17.7 Å². The van der Waals surface area contributed by atoms with Crippen molar-refractivity contribution in [1.29, 1.82) is 0 Å². The summed E-state index contributed by atoms with van der Waals surface area (Å²) in [6.45, 7) is 2.62. The number of anilines is 1. The molecule has 30 heavy (non-hydrogen) atoms. The molecule has 3 heterocycles. The Kier molecular flexibility index (Phi) is 4.71. The van der Waals surface area contributed by atoms with Crippen molar-refractivity contribution >= 4 is 45.4 Å². The van der Waals surface area contributed by atoms with Crippen LogP contribution in [0.5, 0.6) is 0 Å². The van der Waals surface area contributed by atoms with Crippen molar-refractivity contribution in [2.75, 3.05) is 11.4 Å². The van der Waals surface area contributed by atoms with E-state index < -0.39 is 6.17 Å². The summed E-state index contributed by atoms with van der Waals surface area (Å²) >= 11 is 1.38. The first-order valence-corrected chi connectivity index (χ1v) is 10.8. The topological polar surface area (TPSA) is 98.9 Å². The van der Waals surface area contributed by atoms with Crippen LogP contribution in [0.3, 0.4) is 0 Å². The third kappa shape index (κ3) is 3.33. The van der Waals surface area contributed by atoms with Crippen molar-refractivity contribution in [3.63, 3.8) is 0 Å². The van der Waals surface area contributed by atoms with Crippen LogP contribution in [0, 0.1) is 0 Å². The number of carbonyl (C=O) groups is 1. The van der Waals surface area contributed by atoms with Gasteiger partial charge in [-0.1, -0.05) is 48.2 Å². The van der Waals surface area contributed by atoms with Gasteiger partial charge in [-0.2, -0.15) is 0 Å². The van der Waals surface area contributed by atoms with Gasteiger partial charge in [0.15, 0.2) is 17.3 Å². The number of nitrogens with zero attached hydrogens (tertiary/aromatic N) is 3. The highest BCUT2D eigenvalue weighted by Gasteiger charge is 2.30. The molecule has 2 aliphatic rings. The third-order valence-electron chi connectivity index (χ3n) is 5.42. The number of nitrogens with one attached hydrogen (secondary N) is 2. The Bertz CT molecular complexity index is 1180. The molecule has 1 aromatic heterocycles. The van der Waals surface area contributed by atoms with Crippen molar-refractivity contribution in [3.05, 3.63) is 65.9 Å². The number of aliphatic imine (C=N–C) groups is 2. The average Bonchev–Trinajstić information content (AvgIpc) is 3.37. The van der Waals surface area contributed by atoms with Crippen molar-refractivity contribution in [1.82, 2.24) is 10.3 Å². The Balaban J connectivity index is 1.36. The number of aromatic amines is 1.